The van der Waals surface area contributed by atoms with Crippen LogP contribution in [0.4, 0.5) is 4.39 Å². The summed E-state index contributed by atoms with van der Waals surface area (Å²) in [5.74, 6) is -0.393. The number of halogens is 1. The number of ether oxygens (including phenoxy) is 4. The minimum absolute atomic E-state index is 0.0767. The Balaban J connectivity index is 1.56. The fourth-order valence-corrected chi connectivity index (χ4v) is 8.20. The average molecular weight is 687 g/mol. The van der Waals surface area contributed by atoms with Gasteiger partial charge in [0.25, 0.3) is 5.56 Å². The highest BCUT2D eigenvalue weighted by Crippen LogP contribution is 2.40. The Morgan fingerprint density at radius 3 is 2.47 bits per heavy atom. The van der Waals surface area contributed by atoms with Crippen molar-refractivity contribution in [3.8, 4) is 16.5 Å². The number of carbonyl (C=O) groups is 1. The van der Waals surface area contributed by atoms with Gasteiger partial charge in [-0.1, -0.05) is 0 Å². The van der Waals surface area contributed by atoms with E-state index in [0.717, 1.165) is 17.4 Å². The van der Waals surface area contributed by atoms with Crippen LogP contribution >= 0.6 is 22.9 Å². The fraction of sp³-hybridized carbons (Fsp3) is 0.545. The van der Waals surface area contributed by atoms with Crippen LogP contribution in [0.5, 0.6) is 5.75 Å². The number of methoxy groups -OCH3 is 1. The van der Waals surface area contributed by atoms with Crippen molar-refractivity contribution < 1.29 is 28.1 Å². The first-order valence-electron chi connectivity index (χ1n) is 15.6. The molecule has 2 fully saturated rings. The van der Waals surface area contributed by atoms with Gasteiger partial charge in [-0.25, -0.2) is 23.5 Å². The number of esters is 1. The summed E-state index contributed by atoms with van der Waals surface area (Å²) in [6.07, 6.45) is 2.31. The Kier molecular flexibility index (Phi) is 8.92. The van der Waals surface area contributed by atoms with Gasteiger partial charge in [0.1, 0.15) is 39.2 Å². The maximum atomic E-state index is 14.8. The molecule has 0 spiro atoms. The summed E-state index contributed by atoms with van der Waals surface area (Å²) in [6.45, 7) is 9.82. The third-order valence-corrected chi connectivity index (χ3v) is 10.5. The lowest BCUT2D eigenvalue weighted by Gasteiger charge is -2.33. The first-order chi connectivity index (χ1) is 22.2. The second-order valence-corrected chi connectivity index (χ2v) is 15.3. The number of thiophene rings is 1. The molecule has 2 saturated heterocycles. The van der Waals surface area contributed by atoms with Gasteiger partial charge in [0.05, 0.1) is 42.2 Å². The van der Waals surface area contributed by atoms with Crippen LogP contribution in [0.25, 0.3) is 20.9 Å². The molecular formula is C33H39FN4O7S2. The number of carbonyl (C=O) groups excluding carboxylic acids is 1. The molecule has 1 aromatic carbocycles. The van der Waals surface area contributed by atoms with Crippen molar-refractivity contribution in [3.63, 3.8) is 0 Å². The largest absolute Gasteiger partial charge is 0.496 e. The van der Waals surface area contributed by atoms with E-state index in [4.69, 9.17) is 18.9 Å². The Bertz CT molecular complexity index is 1910. The van der Waals surface area contributed by atoms with E-state index in [1.54, 1.807) is 33.2 Å². The minimum Gasteiger partial charge on any atom is -0.496 e. The highest BCUT2D eigenvalue weighted by Gasteiger charge is 2.40. The van der Waals surface area contributed by atoms with Gasteiger partial charge in [-0.05, 0) is 103 Å². The van der Waals surface area contributed by atoms with E-state index in [2.05, 4.69) is 9.36 Å². The standard InChI is InChI=1S/C33H39FN4O7S2/c1-17-25-28(39)38(33(5,6)30(40)45-32(2,3)4)31(41)37(29(25)47-26(17)27-35-16-46-36-27)15-24(22-12-18(34)8-11-23(22)42-7)44-21-13-19-9-10-20(14-21)43-19/h8,11-12,16,19-21,24H,9-10,13-15H2,1-7H3/t19-,20+,21-,24-/m0/s1. The highest BCUT2D eigenvalue weighted by atomic mass is 32.1. The van der Waals surface area contributed by atoms with E-state index in [1.165, 1.54) is 66.6 Å². The summed E-state index contributed by atoms with van der Waals surface area (Å²) in [4.78, 5) is 47.9. The van der Waals surface area contributed by atoms with Gasteiger partial charge in [-0.3, -0.25) is 9.36 Å². The van der Waals surface area contributed by atoms with E-state index in [0.29, 0.717) is 45.3 Å². The summed E-state index contributed by atoms with van der Waals surface area (Å²) in [6, 6.07) is 4.18. The number of nitrogens with zero attached hydrogens (tertiary/aromatic N) is 4. The van der Waals surface area contributed by atoms with Gasteiger partial charge < -0.3 is 18.9 Å². The summed E-state index contributed by atoms with van der Waals surface area (Å²) < 4.78 is 45.7. The Morgan fingerprint density at radius 2 is 1.85 bits per heavy atom. The van der Waals surface area contributed by atoms with Crippen LogP contribution in [0.2, 0.25) is 0 Å². The second kappa shape index (κ2) is 12.5. The lowest BCUT2D eigenvalue weighted by molar-refractivity contribution is -0.164. The third-order valence-electron chi connectivity index (χ3n) is 8.73. The lowest BCUT2D eigenvalue weighted by Crippen LogP contribution is -2.54. The molecule has 11 nitrogen and oxygen atoms in total. The van der Waals surface area contributed by atoms with E-state index in [9.17, 15) is 18.8 Å². The van der Waals surface area contributed by atoms with Crippen molar-refractivity contribution in [2.45, 2.75) is 109 Å². The summed E-state index contributed by atoms with van der Waals surface area (Å²) >= 11 is 2.39. The van der Waals surface area contributed by atoms with Gasteiger partial charge in [-0.15, -0.1) is 11.3 Å². The minimum atomic E-state index is -1.68. The van der Waals surface area contributed by atoms with Crippen molar-refractivity contribution >= 4 is 39.1 Å². The molecule has 0 amide bonds. The number of fused-ring (bicyclic) bond motifs is 3. The Hall–Kier alpha value is -3.46. The molecule has 0 aliphatic carbocycles. The average Bonchev–Trinajstić information content (AvgIpc) is 3.72. The SMILES string of the molecule is COc1ccc(F)cc1[C@H](Cn1c(=O)n(C(C)(C)C(=O)OC(C)(C)C)c(=O)c2c(C)c(-c3ncsn3)sc21)O[C@@H]1C[C@H]2CC[C@@H](C1)O2. The zero-order chi connectivity index (χ0) is 33.8. The Labute approximate surface area is 279 Å². The smallest absolute Gasteiger partial charge is 0.333 e. The number of aryl methyl sites for hydroxylation is 1. The molecule has 252 valence electrons. The molecule has 2 aliphatic heterocycles. The van der Waals surface area contributed by atoms with Crippen LogP contribution in [-0.4, -0.2) is 55.5 Å². The number of benzene rings is 1. The van der Waals surface area contributed by atoms with Crippen LogP contribution in [0, 0.1) is 12.7 Å². The van der Waals surface area contributed by atoms with E-state index in [1.807, 2.05) is 0 Å². The molecule has 6 rings (SSSR count). The molecule has 2 bridgehead atoms. The van der Waals surface area contributed by atoms with Gasteiger partial charge in [0.2, 0.25) is 0 Å². The van der Waals surface area contributed by atoms with Crippen LogP contribution in [0.3, 0.4) is 0 Å². The van der Waals surface area contributed by atoms with Gasteiger partial charge in [0.15, 0.2) is 5.82 Å². The van der Waals surface area contributed by atoms with Crippen LogP contribution in [0.1, 0.15) is 77.5 Å². The zero-order valence-electron chi connectivity index (χ0n) is 27.5. The van der Waals surface area contributed by atoms with Gasteiger partial charge in [0, 0.05) is 5.56 Å². The molecule has 5 heterocycles. The number of aromatic nitrogens is 4. The maximum absolute atomic E-state index is 14.8. The molecule has 0 saturated carbocycles. The molecule has 47 heavy (non-hydrogen) atoms. The van der Waals surface area contributed by atoms with Crippen molar-refractivity contribution in [3.05, 3.63) is 61.5 Å². The second-order valence-electron chi connectivity index (χ2n) is 13.6. The number of hydrogen-bond donors (Lipinski definition) is 0. The predicted molar refractivity (Wildman–Crippen MR) is 177 cm³/mol. The highest BCUT2D eigenvalue weighted by molar-refractivity contribution is 7.22. The van der Waals surface area contributed by atoms with Crippen LogP contribution in [-0.2, 0) is 31.1 Å². The first kappa shape index (κ1) is 33.4. The molecule has 0 N–H and O–H groups in total. The maximum Gasteiger partial charge on any atom is 0.333 e. The van der Waals surface area contributed by atoms with Crippen LogP contribution in [0.15, 0.2) is 33.3 Å². The van der Waals surface area contributed by atoms with Crippen molar-refractivity contribution in [2.75, 3.05) is 7.11 Å². The molecule has 2 aliphatic rings. The fourth-order valence-electron chi connectivity index (χ4n) is 6.47. The summed E-state index contributed by atoms with van der Waals surface area (Å²) in [5.41, 5.74) is -1.31. The van der Waals surface area contributed by atoms with E-state index in [-0.39, 0.29) is 30.2 Å². The van der Waals surface area contributed by atoms with Gasteiger partial charge in [-0.2, -0.15) is 4.37 Å². The van der Waals surface area contributed by atoms with Crippen molar-refractivity contribution in [1.29, 1.82) is 0 Å². The first-order valence-corrected chi connectivity index (χ1v) is 17.3. The summed E-state index contributed by atoms with van der Waals surface area (Å²) in [5, 5.41) is 0.255. The van der Waals surface area contributed by atoms with Crippen molar-refractivity contribution in [1.82, 2.24) is 18.5 Å². The topological polar surface area (TPSA) is 124 Å². The van der Waals surface area contributed by atoms with Gasteiger partial charge >= 0.3 is 11.7 Å². The lowest BCUT2D eigenvalue weighted by atomic mass is 10.0. The predicted octanol–water partition coefficient (Wildman–Crippen LogP) is 5.74. The normalized spacial score (nSPS) is 20.5. The van der Waals surface area contributed by atoms with E-state index >= 15 is 0 Å². The molecule has 14 heteroatoms. The van der Waals surface area contributed by atoms with Crippen molar-refractivity contribution in [2.24, 2.45) is 0 Å². The van der Waals surface area contributed by atoms with Crippen LogP contribution < -0.4 is 16.0 Å². The zero-order valence-corrected chi connectivity index (χ0v) is 29.1. The molecule has 0 radical (unpaired) electrons. The van der Waals surface area contributed by atoms with E-state index < -0.39 is 40.3 Å². The third kappa shape index (κ3) is 6.40. The molecule has 3 aromatic heterocycles. The number of hydrogen-bond acceptors (Lipinski definition) is 11. The quantitative estimate of drug-likeness (QED) is 0.203. The molecule has 4 atom stereocenters. The molecule has 0 unspecified atom stereocenters. The number of rotatable bonds is 9. The summed E-state index contributed by atoms with van der Waals surface area (Å²) in [7, 11) is 1.49. The molecular weight excluding hydrogens is 648 g/mol. The monoisotopic (exact) mass is 686 g/mol. The Morgan fingerprint density at radius 1 is 1.15 bits per heavy atom. The molecule has 4 aromatic rings.